The Morgan fingerprint density at radius 1 is 1.25 bits per heavy atom. The number of benzene rings is 1. The number of imide groups is 1. The van der Waals surface area contributed by atoms with Crippen LogP contribution in [0, 0.1) is 0 Å². The summed E-state index contributed by atoms with van der Waals surface area (Å²) in [5.41, 5.74) is 1.14. The maximum atomic E-state index is 11.7. The minimum Gasteiger partial charge on any atom is -0.447 e. The standard InChI is InChI=1S/C15H19NO4/c17-14(16-9-11-20-15(16)18)8-4-5-10-19-12-13-6-2-1-3-7-13/h1-3,6-7H,4-5,8-12H2. The van der Waals surface area contributed by atoms with Crippen molar-refractivity contribution in [1.82, 2.24) is 4.90 Å². The van der Waals surface area contributed by atoms with E-state index in [0.717, 1.165) is 18.4 Å². The molecule has 1 aromatic rings. The molecule has 1 aromatic carbocycles. The molecule has 0 N–H and O–H groups in total. The predicted octanol–water partition coefficient (Wildman–Crippen LogP) is 2.35. The third-order valence-electron chi connectivity index (χ3n) is 3.10. The van der Waals surface area contributed by atoms with Crippen molar-refractivity contribution in [1.29, 1.82) is 0 Å². The van der Waals surface area contributed by atoms with Crippen molar-refractivity contribution >= 4 is 12.0 Å². The second kappa shape index (κ2) is 7.65. The molecule has 5 heteroatoms. The second-order valence-corrected chi connectivity index (χ2v) is 4.66. The highest BCUT2D eigenvalue weighted by molar-refractivity contribution is 5.92. The van der Waals surface area contributed by atoms with Gasteiger partial charge in [-0.3, -0.25) is 4.79 Å². The van der Waals surface area contributed by atoms with Crippen molar-refractivity contribution in [3.05, 3.63) is 35.9 Å². The first kappa shape index (κ1) is 14.5. The molecule has 0 bridgehead atoms. The van der Waals surface area contributed by atoms with Crippen LogP contribution in [0.3, 0.4) is 0 Å². The van der Waals surface area contributed by atoms with Crippen LogP contribution in [0.1, 0.15) is 24.8 Å². The average Bonchev–Trinajstić information content (AvgIpc) is 2.90. The van der Waals surface area contributed by atoms with Crippen LogP contribution < -0.4 is 0 Å². The van der Waals surface area contributed by atoms with Crippen molar-refractivity contribution < 1.29 is 19.1 Å². The van der Waals surface area contributed by atoms with Crippen LogP contribution in [0.5, 0.6) is 0 Å². The molecule has 108 valence electrons. The summed E-state index contributed by atoms with van der Waals surface area (Å²) in [6.07, 6.45) is 1.37. The molecule has 1 fully saturated rings. The van der Waals surface area contributed by atoms with Crippen LogP contribution in [0.25, 0.3) is 0 Å². The monoisotopic (exact) mass is 277 g/mol. The SMILES string of the molecule is O=C(CCCCOCc1ccccc1)N1CCOC1=O. The minimum absolute atomic E-state index is 0.157. The van der Waals surface area contributed by atoms with E-state index in [1.807, 2.05) is 30.3 Å². The summed E-state index contributed by atoms with van der Waals surface area (Å²) in [5.74, 6) is -0.157. The van der Waals surface area contributed by atoms with Crippen LogP contribution in [0.4, 0.5) is 4.79 Å². The molecular formula is C15H19NO4. The number of nitrogens with zero attached hydrogens (tertiary/aromatic N) is 1. The Morgan fingerprint density at radius 2 is 2.05 bits per heavy atom. The Kier molecular flexibility index (Phi) is 5.55. The smallest absolute Gasteiger partial charge is 0.416 e. The highest BCUT2D eigenvalue weighted by Gasteiger charge is 2.27. The number of carbonyl (C=O) groups is 2. The molecule has 0 atom stereocenters. The summed E-state index contributed by atoms with van der Waals surface area (Å²) in [7, 11) is 0. The number of hydrogen-bond donors (Lipinski definition) is 0. The Hall–Kier alpha value is -1.88. The highest BCUT2D eigenvalue weighted by Crippen LogP contribution is 2.08. The van der Waals surface area contributed by atoms with Crippen molar-refractivity contribution in [2.75, 3.05) is 19.8 Å². The van der Waals surface area contributed by atoms with E-state index in [9.17, 15) is 9.59 Å². The normalized spacial score (nSPS) is 14.4. The molecule has 0 saturated carbocycles. The maximum Gasteiger partial charge on any atom is 0.416 e. The molecule has 0 aliphatic carbocycles. The fourth-order valence-corrected chi connectivity index (χ4v) is 2.00. The van der Waals surface area contributed by atoms with Crippen LogP contribution in [-0.4, -0.2) is 36.7 Å². The van der Waals surface area contributed by atoms with Gasteiger partial charge in [-0.1, -0.05) is 30.3 Å². The topological polar surface area (TPSA) is 55.8 Å². The van der Waals surface area contributed by atoms with Gasteiger partial charge in [0.1, 0.15) is 6.61 Å². The third kappa shape index (κ3) is 4.35. The van der Waals surface area contributed by atoms with Crippen molar-refractivity contribution in [2.45, 2.75) is 25.9 Å². The minimum atomic E-state index is -0.518. The zero-order chi connectivity index (χ0) is 14.2. The molecule has 1 aliphatic rings. The first-order chi connectivity index (χ1) is 9.77. The molecule has 0 unspecified atom stereocenters. The van der Waals surface area contributed by atoms with Gasteiger partial charge < -0.3 is 9.47 Å². The van der Waals surface area contributed by atoms with Gasteiger partial charge in [0, 0.05) is 13.0 Å². The van der Waals surface area contributed by atoms with Gasteiger partial charge in [0.25, 0.3) is 0 Å². The van der Waals surface area contributed by atoms with Gasteiger partial charge in [-0.25, -0.2) is 9.69 Å². The van der Waals surface area contributed by atoms with E-state index in [2.05, 4.69) is 0 Å². The first-order valence-corrected chi connectivity index (χ1v) is 6.86. The molecular weight excluding hydrogens is 258 g/mol. The van der Waals surface area contributed by atoms with E-state index in [-0.39, 0.29) is 5.91 Å². The summed E-state index contributed by atoms with van der Waals surface area (Å²) >= 11 is 0. The summed E-state index contributed by atoms with van der Waals surface area (Å²) in [6.45, 7) is 1.90. The van der Waals surface area contributed by atoms with E-state index in [4.69, 9.17) is 9.47 Å². The van der Waals surface area contributed by atoms with E-state index in [1.165, 1.54) is 4.90 Å². The summed E-state index contributed by atoms with van der Waals surface area (Å²) in [5, 5.41) is 0. The van der Waals surface area contributed by atoms with Crippen LogP contribution >= 0.6 is 0 Å². The Morgan fingerprint density at radius 3 is 2.75 bits per heavy atom. The van der Waals surface area contributed by atoms with Gasteiger partial charge in [0.2, 0.25) is 5.91 Å². The molecule has 1 aliphatic heterocycles. The van der Waals surface area contributed by atoms with Gasteiger partial charge in [0.05, 0.1) is 13.2 Å². The van der Waals surface area contributed by atoms with Crippen LogP contribution in [0.15, 0.2) is 30.3 Å². The van der Waals surface area contributed by atoms with Gasteiger partial charge in [-0.2, -0.15) is 0 Å². The largest absolute Gasteiger partial charge is 0.447 e. The summed E-state index contributed by atoms with van der Waals surface area (Å²) in [6, 6.07) is 9.96. The third-order valence-corrected chi connectivity index (χ3v) is 3.10. The average molecular weight is 277 g/mol. The number of cyclic esters (lactones) is 1. The molecule has 0 aromatic heterocycles. The van der Waals surface area contributed by atoms with Gasteiger partial charge in [0.15, 0.2) is 0 Å². The summed E-state index contributed by atoms with van der Waals surface area (Å²) in [4.78, 5) is 24.0. The number of unbranched alkanes of at least 4 members (excludes halogenated alkanes) is 1. The van der Waals surface area contributed by atoms with Crippen molar-refractivity contribution in [3.8, 4) is 0 Å². The van der Waals surface area contributed by atoms with E-state index in [1.54, 1.807) is 0 Å². The first-order valence-electron chi connectivity index (χ1n) is 6.86. The molecule has 5 nitrogen and oxygen atoms in total. The van der Waals surface area contributed by atoms with Gasteiger partial charge >= 0.3 is 6.09 Å². The molecule has 20 heavy (non-hydrogen) atoms. The predicted molar refractivity (Wildman–Crippen MR) is 73.0 cm³/mol. The molecule has 1 heterocycles. The zero-order valence-corrected chi connectivity index (χ0v) is 11.4. The van der Waals surface area contributed by atoms with Gasteiger partial charge in [-0.15, -0.1) is 0 Å². The van der Waals surface area contributed by atoms with Crippen molar-refractivity contribution in [2.24, 2.45) is 0 Å². The molecule has 0 radical (unpaired) electrons. The van der Waals surface area contributed by atoms with Crippen LogP contribution in [0.2, 0.25) is 0 Å². The lowest BCUT2D eigenvalue weighted by molar-refractivity contribution is -0.127. The van der Waals surface area contributed by atoms with E-state index < -0.39 is 6.09 Å². The lowest BCUT2D eigenvalue weighted by Gasteiger charge is -2.10. The van der Waals surface area contributed by atoms with Crippen LogP contribution in [-0.2, 0) is 20.9 Å². The lowest BCUT2D eigenvalue weighted by Crippen LogP contribution is -2.31. The Balaban J connectivity index is 1.53. The number of hydrogen-bond acceptors (Lipinski definition) is 4. The number of amides is 2. The summed E-state index contributed by atoms with van der Waals surface area (Å²) < 4.78 is 10.3. The molecule has 2 amide bonds. The molecule has 1 saturated heterocycles. The Bertz CT molecular complexity index is 446. The molecule has 2 rings (SSSR count). The number of carbonyl (C=O) groups excluding carboxylic acids is 2. The highest BCUT2D eigenvalue weighted by atomic mass is 16.6. The second-order valence-electron chi connectivity index (χ2n) is 4.66. The van der Waals surface area contributed by atoms with E-state index >= 15 is 0 Å². The maximum absolute atomic E-state index is 11.7. The fraction of sp³-hybridized carbons (Fsp3) is 0.467. The fourth-order valence-electron chi connectivity index (χ4n) is 2.00. The number of rotatable bonds is 7. The number of ether oxygens (including phenoxy) is 2. The van der Waals surface area contributed by atoms with Gasteiger partial charge in [-0.05, 0) is 18.4 Å². The molecule has 0 spiro atoms. The Labute approximate surface area is 118 Å². The van der Waals surface area contributed by atoms with E-state index in [0.29, 0.717) is 32.8 Å². The zero-order valence-electron chi connectivity index (χ0n) is 11.4. The lowest BCUT2D eigenvalue weighted by atomic mass is 10.2. The quantitative estimate of drug-likeness (QED) is 0.718. The van der Waals surface area contributed by atoms with Crippen molar-refractivity contribution in [3.63, 3.8) is 0 Å².